The molecule has 1 aliphatic heterocycles. The minimum atomic E-state index is -0.243. The smallest absolute Gasteiger partial charge is 0.253 e. The number of hydrogen-bond donors (Lipinski definition) is 2. The fourth-order valence-electron chi connectivity index (χ4n) is 2.17. The molecule has 4 heteroatoms. The van der Waals surface area contributed by atoms with Crippen LogP contribution in [0.1, 0.15) is 29.3 Å². The Balaban J connectivity index is 2.18. The van der Waals surface area contributed by atoms with Crippen LogP contribution in [-0.4, -0.2) is 31.7 Å². The van der Waals surface area contributed by atoms with Gasteiger partial charge in [0.15, 0.2) is 0 Å². The van der Waals surface area contributed by atoms with Crippen LogP contribution >= 0.6 is 0 Å². The molecular weight excluding hydrogens is 228 g/mol. The Morgan fingerprint density at radius 2 is 2.22 bits per heavy atom. The molecule has 1 atom stereocenters. The summed E-state index contributed by atoms with van der Waals surface area (Å²) in [5.74, 6) is -0.0487. The summed E-state index contributed by atoms with van der Waals surface area (Å²) in [6.07, 6.45) is 0.861. The molecule has 0 bridgehead atoms. The molecule has 1 aromatic rings. The van der Waals surface area contributed by atoms with Gasteiger partial charge in [0.2, 0.25) is 0 Å². The Labute approximate surface area is 108 Å². The van der Waals surface area contributed by atoms with E-state index < -0.39 is 0 Å². The predicted molar refractivity (Wildman–Crippen MR) is 72.0 cm³/mol. The van der Waals surface area contributed by atoms with Crippen LogP contribution in [0.3, 0.4) is 0 Å². The van der Waals surface area contributed by atoms with Gasteiger partial charge in [0.25, 0.3) is 5.91 Å². The Morgan fingerprint density at radius 3 is 2.83 bits per heavy atom. The number of aryl methyl sites for hydroxylation is 1. The summed E-state index contributed by atoms with van der Waals surface area (Å²) in [5.41, 5.74) is 2.42. The highest BCUT2D eigenvalue weighted by molar-refractivity contribution is 6.00. The summed E-state index contributed by atoms with van der Waals surface area (Å²) in [4.78, 5) is 12.3. The number of anilines is 1. The van der Waals surface area contributed by atoms with Gasteiger partial charge in [-0.3, -0.25) is 4.79 Å². The predicted octanol–water partition coefficient (Wildman–Crippen LogP) is 1.95. The fourth-order valence-corrected chi connectivity index (χ4v) is 2.17. The minimum absolute atomic E-state index is 0.0487. The summed E-state index contributed by atoms with van der Waals surface area (Å²) in [7, 11) is 1.83. The van der Waals surface area contributed by atoms with Gasteiger partial charge in [-0.2, -0.15) is 0 Å². The monoisotopic (exact) mass is 248 g/mol. The van der Waals surface area contributed by atoms with E-state index >= 15 is 0 Å². The molecular formula is C14H20N2O2. The third kappa shape index (κ3) is 2.64. The van der Waals surface area contributed by atoms with Crippen molar-refractivity contribution >= 4 is 11.6 Å². The summed E-state index contributed by atoms with van der Waals surface area (Å²) in [6, 6.07) is 5.78. The molecule has 0 spiro atoms. The highest BCUT2D eigenvalue weighted by Gasteiger charge is 2.31. The van der Waals surface area contributed by atoms with Crippen molar-refractivity contribution in [3.05, 3.63) is 29.3 Å². The van der Waals surface area contributed by atoms with Gasteiger partial charge < -0.3 is 15.4 Å². The molecule has 0 aromatic heterocycles. The Bertz CT molecular complexity index is 451. The number of amides is 1. The standard InChI is InChI=1S/C14H20N2O2/c1-10-4-5-11(12(8-10)15-3)13(17)16-14(2)6-7-18-9-14/h4-5,8,15H,6-7,9H2,1-3H3,(H,16,17). The van der Waals surface area contributed by atoms with Gasteiger partial charge in [0.1, 0.15) is 0 Å². The topological polar surface area (TPSA) is 50.4 Å². The number of hydrogen-bond acceptors (Lipinski definition) is 3. The number of benzene rings is 1. The first kappa shape index (κ1) is 12.9. The van der Waals surface area contributed by atoms with Gasteiger partial charge >= 0.3 is 0 Å². The van der Waals surface area contributed by atoms with Crippen molar-refractivity contribution in [1.29, 1.82) is 0 Å². The van der Waals surface area contributed by atoms with E-state index in [-0.39, 0.29) is 11.4 Å². The maximum Gasteiger partial charge on any atom is 0.253 e. The summed E-state index contributed by atoms with van der Waals surface area (Å²) in [5, 5.41) is 6.12. The molecule has 1 fully saturated rings. The molecule has 1 saturated heterocycles. The Morgan fingerprint density at radius 1 is 1.44 bits per heavy atom. The second-order valence-electron chi connectivity index (χ2n) is 5.12. The van der Waals surface area contributed by atoms with E-state index in [4.69, 9.17) is 4.74 Å². The zero-order valence-corrected chi connectivity index (χ0v) is 11.2. The quantitative estimate of drug-likeness (QED) is 0.859. The Kier molecular flexibility index (Phi) is 3.57. The summed E-state index contributed by atoms with van der Waals surface area (Å²) < 4.78 is 5.34. The van der Waals surface area contributed by atoms with Crippen molar-refractivity contribution in [2.45, 2.75) is 25.8 Å². The van der Waals surface area contributed by atoms with Crippen LogP contribution in [0.5, 0.6) is 0 Å². The van der Waals surface area contributed by atoms with Crippen LogP contribution in [0.15, 0.2) is 18.2 Å². The van der Waals surface area contributed by atoms with E-state index in [1.54, 1.807) is 0 Å². The van der Waals surface area contributed by atoms with Crippen LogP contribution in [-0.2, 0) is 4.74 Å². The second-order valence-corrected chi connectivity index (χ2v) is 5.12. The molecule has 1 heterocycles. The highest BCUT2D eigenvalue weighted by Crippen LogP contribution is 2.21. The van der Waals surface area contributed by atoms with Gasteiger partial charge in [-0.15, -0.1) is 0 Å². The lowest BCUT2D eigenvalue weighted by atomic mass is 10.0. The molecule has 0 radical (unpaired) electrons. The zero-order chi connectivity index (χ0) is 13.2. The van der Waals surface area contributed by atoms with Crippen molar-refractivity contribution in [3.63, 3.8) is 0 Å². The summed E-state index contributed by atoms with van der Waals surface area (Å²) in [6.45, 7) is 5.32. The first-order valence-corrected chi connectivity index (χ1v) is 6.23. The molecule has 4 nitrogen and oxygen atoms in total. The average molecular weight is 248 g/mol. The van der Waals surface area contributed by atoms with E-state index in [0.29, 0.717) is 18.8 Å². The van der Waals surface area contributed by atoms with Crippen molar-refractivity contribution in [1.82, 2.24) is 5.32 Å². The SMILES string of the molecule is CNc1cc(C)ccc1C(=O)NC1(C)CCOC1. The molecule has 98 valence electrons. The third-order valence-corrected chi connectivity index (χ3v) is 3.32. The molecule has 2 rings (SSSR count). The number of ether oxygens (including phenoxy) is 1. The summed E-state index contributed by atoms with van der Waals surface area (Å²) >= 11 is 0. The lowest BCUT2D eigenvalue weighted by molar-refractivity contribution is 0.0890. The molecule has 0 saturated carbocycles. The first-order valence-electron chi connectivity index (χ1n) is 6.23. The van der Waals surface area contributed by atoms with Crippen LogP contribution in [0.4, 0.5) is 5.69 Å². The molecule has 1 unspecified atom stereocenters. The molecule has 2 N–H and O–H groups in total. The van der Waals surface area contributed by atoms with Crippen LogP contribution < -0.4 is 10.6 Å². The number of carbonyl (C=O) groups excluding carboxylic acids is 1. The van der Waals surface area contributed by atoms with Crippen LogP contribution in [0, 0.1) is 6.92 Å². The van der Waals surface area contributed by atoms with Crippen LogP contribution in [0.2, 0.25) is 0 Å². The normalized spacial score (nSPS) is 22.8. The van der Waals surface area contributed by atoms with Gasteiger partial charge in [-0.05, 0) is 38.0 Å². The number of carbonyl (C=O) groups is 1. The number of nitrogens with one attached hydrogen (secondary N) is 2. The largest absolute Gasteiger partial charge is 0.387 e. The second kappa shape index (κ2) is 4.98. The highest BCUT2D eigenvalue weighted by atomic mass is 16.5. The number of rotatable bonds is 3. The van der Waals surface area contributed by atoms with Crippen molar-refractivity contribution < 1.29 is 9.53 Å². The van der Waals surface area contributed by atoms with E-state index in [1.165, 1.54) is 0 Å². The van der Waals surface area contributed by atoms with E-state index in [2.05, 4.69) is 10.6 Å². The van der Waals surface area contributed by atoms with Crippen LogP contribution in [0.25, 0.3) is 0 Å². The molecule has 18 heavy (non-hydrogen) atoms. The third-order valence-electron chi connectivity index (χ3n) is 3.32. The maximum atomic E-state index is 12.3. The van der Waals surface area contributed by atoms with Crippen molar-refractivity contribution in [2.75, 3.05) is 25.6 Å². The van der Waals surface area contributed by atoms with Gasteiger partial charge in [0.05, 0.1) is 17.7 Å². The lowest BCUT2D eigenvalue weighted by Crippen LogP contribution is -2.46. The maximum absolute atomic E-state index is 12.3. The first-order chi connectivity index (χ1) is 8.54. The van der Waals surface area contributed by atoms with Gasteiger partial charge in [-0.25, -0.2) is 0 Å². The minimum Gasteiger partial charge on any atom is -0.387 e. The van der Waals surface area contributed by atoms with E-state index in [0.717, 1.165) is 17.7 Å². The van der Waals surface area contributed by atoms with E-state index in [9.17, 15) is 4.79 Å². The average Bonchev–Trinajstić information content (AvgIpc) is 2.75. The van der Waals surface area contributed by atoms with Gasteiger partial charge in [-0.1, -0.05) is 6.07 Å². The fraction of sp³-hybridized carbons (Fsp3) is 0.500. The molecule has 0 aliphatic carbocycles. The molecule has 1 aromatic carbocycles. The van der Waals surface area contributed by atoms with Gasteiger partial charge in [0, 0.05) is 19.3 Å². The van der Waals surface area contributed by atoms with Crippen molar-refractivity contribution in [3.8, 4) is 0 Å². The Hall–Kier alpha value is -1.55. The van der Waals surface area contributed by atoms with Crippen molar-refractivity contribution in [2.24, 2.45) is 0 Å². The molecule has 1 aliphatic rings. The lowest BCUT2D eigenvalue weighted by Gasteiger charge is -2.24. The van der Waals surface area contributed by atoms with E-state index in [1.807, 2.05) is 39.1 Å². The zero-order valence-electron chi connectivity index (χ0n) is 11.2. The molecule has 1 amide bonds.